The summed E-state index contributed by atoms with van der Waals surface area (Å²) in [5.74, 6) is 0.847. The number of hydrogen-bond acceptors (Lipinski definition) is 2. The van der Waals surface area contributed by atoms with E-state index < -0.39 is 0 Å². The Balaban J connectivity index is 1.77. The van der Waals surface area contributed by atoms with Gasteiger partial charge in [0.05, 0.1) is 0 Å². The van der Waals surface area contributed by atoms with Crippen molar-refractivity contribution in [3.8, 4) is 0 Å². The number of aromatic nitrogens is 1. The minimum atomic E-state index is 0.847. The van der Waals surface area contributed by atoms with Gasteiger partial charge in [0.25, 0.3) is 0 Å². The summed E-state index contributed by atoms with van der Waals surface area (Å²) in [7, 11) is 0. The minimum Gasteiger partial charge on any atom is -0.317 e. The summed E-state index contributed by atoms with van der Waals surface area (Å²) in [5.41, 5.74) is 1.47. The van der Waals surface area contributed by atoms with Crippen LogP contribution in [0.15, 0.2) is 36.7 Å². The van der Waals surface area contributed by atoms with Crippen molar-refractivity contribution >= 4 is 10.8 Å². The van der Waals surface area contributed by atoms with Gasteiger partial charge in [-0.15, -0.1) is 0 Å². The molecule has 1 aliphatic heterocycles. The molecule has 1 N–H and O–H groups in total. The van der Waals surface area contributed by atoms with Crippen molar-refractivity contribution < 1.29 is 0 Å². The summed E-state index contributed by atoms with van der Waals surface area (Å²) in [5, 5.41) is 6.04. The summed E-state index contributed by atoms with van der Waals surface area (Å²) < 4.78 is 0. The van der Waals surface area contributed by atoms with Gasteiger partial charge >= 0.3 is 0 Å². The highest BCUT2D eigenvalue weighted by molar-refractivity contribution is 5.81. The topological polar surface area (TPSA) is 24.9 Å². The molecule has 0 bridgehead atoms. The fourth-order valence-electron chi connectivity index (χ4n) is 2.89. The second kappa shape index (κ2) is 5.49. The lowest BCUT2D eigenvalue weighted by Gasteiger charge is -2.13. The van der Waals surface area contributed by atoms with Crippen LogP contribution in [0.5, 0.6) is 0 Å². The molecule has 1 fully saturated rings. The van der Waals surface area contributed by atoms with Crippen molar-refractivity contribution in [2.45, 2.75) is 25.7 Å². The van der Waals surface area contributed by atoms with Crippen LogP contribution in [0.4, 0.5) is 0 Å². The fraction of sp³-hybridized carbons (Fsp3) is 0.438. The predicted molar refractivity (Wildman–Crippen MR) is 75.7 cm³/mol. The van der Waals surface area contributed by atoms with E-state index in [-0.39, 0.29) is 0 Å². The van der Waals surface area contributed by atoms with Gasteiger partial charge in [-0.05, 0) is 61.7 Å². The Morgan fingerprint density at radius 2 is 2.11 bits per heavy atom. The Labute approximate surface area is 108 Å². The van der Waals surface area contributed by atoms with Crippen molar-refractivity contribution in [1.82, 2.24) is 10.3 Å². The molecule has 1 aromatic carbocycles. The first-order valence-corrected chi connectivity index (χ1v) is 6.95. The highest BCUT2D eigenvalue weighted by Gasteiger charge is 2.12. The Morgan fingerprint density at radius 3 is 3.11 bits per heavy atom. The first-order chi connectivity index (χ1) is 8.92. The maximum Gasteiger partial charge on any atom is 0.0346 e. The highest BCUT2D eigenvalue weighted by Crippen LogP contribution is 2.22. The van der Waals surface area contributed by atoms with Crippen molar-refractivity contribution in [3.63, 3.8) is 0 Å². The number of benzene rings is 1. The highest BCUT2D eigenvalue weighted by atomic mass is 14.8. The third kappa shape index (κ3) is 2.70. The average Bonchev–Trinajstić information content (AvgIpc) is 2.67. The van der Waals surface area contributed by atoms with Gasteiger partial charge in [-0.3, -0.25) is 4.98 Å². The van der Waals surface area contributed by atoms with E-state index in [9.17, 15) is 0 Å². The van der Waals surface area contributed by atoms with Crippen molar-refractivity contribution in [3.05, 3.63) is 42.2 Å². The molecular formula is C16H20N2. The summed E-state index contributed by atoms with van der Waals surface area (Å²) in [6.45, 7) is 2.38. The number of rotatable bonds is 2. The number of hydrogen-bond donors (Lipinski definition) is 1. The van der Waals surface area contributed by atoms with Gasteiger partial charge in [0, 0.05) is 17.8 Å². The normalized spacial score (nSPS) is 20.8. The molecule has 2 heteroatoms. The molecule has 2 nitrogen and oxygen atoms in total. The lowest BCUT2D eigenvalue weighted by atomic mass is 9.92. The number of nitrogens with one attached hydrogen (secondary N) is 1. The zero-order valence-corrected chi connectivity index (χ0v) is 10.7. The molecular weight excluding hydrogens is 220 g/mol. The molecule has 1 aliphatic rings. The molecule has 18 heavy (non-hydrogen) atoms. The molecule has 0 saturated carbocycles. The zero-order chi connectivity index (χ0) is 12.2. The zero-order valence-electron chi connectivity index (χ0n) is 10.7. The lowest BCUT2D eigenvalue weighted by Crippen LogP contribution is -2.14. The van der Waals surface area contributed by atoms with E-state index in [0.717, 1.165) is 5.92 Å². The van der Waals surface area contributed by atoms with E-state index in [1.165, 1.54) is 55.1 Å². The summed E-state index contributed by atoms with van der Waals surface area (Å²) in [6.07, 6.45) is 9.04. The number of fused-ring (bicyclic) bond motifs is 1. The van der Waals surface area contributed by atoms with Crippen LogP contribution in [0, 0.1) is 5.92 Å². The van der Waals surface area contributed by atoms with Gasteiger partial charge in [0.1, 0.15) is 0 Å². The number of pyridine rings is 1. The molecule has 1 saturated heterocycles. The Kier molecular flexibility index (Phi) is 3.56. The second-order valence-electron chi connectivity index (χ2n) is 5.31. The molecule has 2 aromatic rings. The van der Waals surface area contributed by atoms with Gasteiger partial charge in [-0.2, -0.15) is 0 Å². The smallest absolute Gasteiger partial charge is 0.0346 e. The third-order valence-electron chi connectivity index (χ3n) is 3.92. The molecule has 2 heterocycles. The van der Waals surface area contributed by atoms with E-state index in [1.807, 2.05) is 12.4 Å². The minimum absolute atomic E-state index is 0.847. The van der Waals surface area contributed by atoms with E-state index in [4.69, 9.17) is 0 Å². The largest absolute Gasteiger partial charge is 0.317 e. The lowest BCUT2D eigenvalue weighted by molar-refractivity contribution is 0.470. The van der Waals surface area contributed by atoms with Gasteiger partial charge < -0.3 is 5.32 Å². The molecule has 0 aliphatic carbocycles. The summed E-state index contributed by atoms with van der Waals surface area (Å²) in [4.78, 5) is 4.16. The van der Waals surface area contributed by atoms with Crippen LogP contribution in [0.1, 0.15) is 24.8 Å². The Bertz CT molecular complexity index is 513. The maximum atomic E-state index is 4.16. The summed E-state index contributed by atoms with van der Waals surface area (Å²) >= 11 is 0. The van der Waals surface area contributed by atoms with Crippen LogP contribution in [-0.4, -0.2) is 18.1 Å². The average molecular weight is 240 g/mol. The van der Waals surface area contributed by atoms with E-state index >= 15 is 0 Å². The van der Waals surface area contributed by atoms with E-state index in [2.05, 4.69) is 34.6 Å². The van der Waals surface area contributed by atoms with Crippen LogP contribution in [0.2, 0.25) is 0 Å². The molecule has 0 spiro atoms. The van der Waals surface area contributed by atoms with Crippen molar-refractivity contribution in [2.24, 2.45) is 5.92 Å². The molecule has 1 atom stereocenters. The third-order valence-corrected chi connectivity index (χ3v) is 3.92. The van der Waals surface area contributed by atoms with Gasteiger partial charge in [0.2, 0.25) is 0 Å². The molecule has 3 rings (SSSR count). The number of nitrogens with zero attached hydrogens (tertiary/aromatic N) is 1. The predicted octanol–water partition coefficient (Wildman–Crippen LogP) is 3.17. The fourth-order valence-corrected chi connectivity index (χ4v) is 2.89. The van der Waals surface area contributed by atoms with Crippen LogP contribution in [0.3, 0.4) is 0 Å². The molecule has 1 aromatic heterocycles. The van der Waals surface area contributed by atoms with Crippen molar-refractivity contribution in [1.29, 1.82) is 0 Å². The standard InChI is InChI=1S/C16H20N2/c1-2-13(5-8-17-7-1)10-14-3-4-16-12-18-9-6-15(16)11-14/h3-4,6,9,11-13,17H,1-2,5,7-8,10H2/t13-/m1/s1. The van der Waals surface area contributed by atoms with Crippen molar-refractivity contribution in [2.75, 3.05) is 13.1 Å². The Hall–Kier alpha value is -1.41. The monoisotopic (exact) mass is 240 g/mol. The van der Waals surface area contributed by atoms with Crippen LogP contribution in [0.25, 0.3) is 10.8 Å². The maximum absolute atomic E-state index is 4.16. The SMILES string of the molecule is c1cc2cc(C[C@@H]3CCCNCC3)ccc2cn1. The summed E-state index contributed by atoms with van der Waals surface area (Å²) in [6, 6.07) is 8.90. The van der Waals surface area contributed by atoms with E-state index in [0.29, 0.717) is 0 Å². The van der Waals surface area contributed by atoms with Gasteiger partial charge in [-0.25, -0.2) is 0 Å². The first kappa shape index (κ1) is 11.7. The first-order valence-electron chi connectivity index (χ1n) is 6.95. The van der Waals surface area contributed by atoms with Gasteiger partial charge in [0.15, 0.2) is 0 Å². The van der Waals surface area contributed by atoms with Crippen LogP contribution >= 0.6 is 0 Å². The van der Waals surface area contributed by atoms with Gasteiger partial charge in [-0.1, -0.05) is 18.2 Å². The molecule has 0 amide bonds. The second-order valence-corrected chi connectivity index (χ2v) is 5.31. The van der Waals surface area contributed by atoms with E-state index in [1.54, 1.807) is 0 Å². The van der Waals surface area contributed by atoms with Crippen LogP contribution < -0.4 is 5.32 Å². The molecule has 0 unspecified atom stereocenters. The van der Waals surface area contributed by atoms with Crippen LogP contribution in [-0.2, 0) is 6.42 Å². The quantitative estimate of drug-likeness (QED) is 0.872. The molecule has 0 radical (unpaired) electrons. The Morgan fingerprint density at radius 1 is 1.11 bits per heavy atom. The molecule has 94 valence electrons.